The Morgan fingerprint density at radius 1 is 1.47 bits per heavy atom. The molecule has 4 nitrogen and oxygen atoms in total. The van der Waals surface area contributed by atoms with Gasteiger partial charge in [0.25, 0.3) is 0 Å². The maximum Gasteiger partial charge on any atom is 0.119 e. The highest BCUT2D eigenvalue weighted by atomic mass is 16.5. The lowest BCUT2D eigenvalue weighted by molar-refractivity contribution is -0.0214. The average molecular weight is 264 g/mol. The zero-order valence-electron chi connectivity index (χ0n) is 11.9. The molecule has 2 rings (SSSR count). The van der Waals surface area contributed by atoms with Crippen LogP contribution in [0.4, 0.5) is 0 Å². The maximum absolute atomic E-state index is 5.82. The molecule has 1 unspecified atom stereocenters. The first kappa shape index (κ1) is 14.3. The van der Waals surface area contributed by atoms with Crippen LogP contribution in [0.15, 0.2) is 24.3 Å². The number of nitrogens with zero attached hydrogens (tertiary/aromatic N) is 1. The van der Waals surface area contributed by atoms with Gasteiger partial charge >= 0.3 is 0 Å². The van der Waals surface area contributed by atoms with E-state index in [1.54, 1.807) is 0 Å². The Bertz CT molecular complexity index is 384. The Kier molecular flexibility index (Phi) is 5.63. The maximum atomic E-state index is 5.82. The molecule has 0 spiro atoms. The van der Waals surface area contributed by atoms with E-state index in [1.807, 2.05) is 19.2 Å². The van der Waals surface area contributed by atoms with Gasteiger partial charge in [-0.25, -0.2) is 0 Å². The van der Waals surface area contributed by atoms with Crippen molar-refractivity contribution >= 4 is 0 Å². The van der Waals surface area contributed by atoms with Gasteiger partial charge in [-0.1, -0.05) is 12.1 Å². The summed E-state index contributed by atoms with van der Waals surface area (Å²) in [6.07, 6.45) is 0.340. The summed E-state index contributed by atoms with van der Waals surface area (Å²) in [5, 5.41) is 3.15. The highest BCUT2D eigenvalue weighted by Crippen LogP contribution is 2.13. The van der Waals surface area contributed by atoms with Gasteiger partial charge in [0.15, 0.2) is 0 Å². The fourth-order valence-corrected chi connectivity index (χ4v) is 2.34. The van der Waals surface area contributed by atoms with E-state index in [2.05, 4.69) is 29.3 Å². The molecule has 1 aromatic rings. The monoisotopic (exact) mass is 264 g/mol. The van der Waals surface area contributed by atoms with Crippen LogP contribution in [-0.4, -0.2) is 50.9 Å². The van der Waals surface area contributed by atoms with Gasteiger partial charge in [0.1, 0.15) is 12.4 Å². The number of ether oxygens (including phenoxy) is 2. The van der Waals surface area contributed by atoms with Crippen molar-refractivity contribution in [2.45, 2.75) is 19.6 Å². The minimum atomic E-state index is 0.340. The van der Waals surface area contributed by atoms with Gasteiger partial charge in [-0.05, 0) is 31.7 Å². The Morgan fingerprint density at radius 2 is 2.37 bits per heavy atom. The van der Waals surface area contributed by atoms with Crippen molar-refractivity contribution in [1.82, 2.24) is 10.2 Å². The molecule has 1 aromatic carbocycles. The van der Waals surface area contributed by atoms with E-state index in [1.165, 1.54) is 5.56 Å². The quantitative estimate of drug-likeness (QED) is 0.844. The number of rotatable bonds is 6. The fourth-order valence-electron chi connectivity index (χ4n) is 2.34. The highest BCUT2D eigenvalue weighted by molar-refractivity contribution is 5.28. The zero-order valence-corrected chi connectivity index (χ0v) is 11.9. The van der Waals surface area contributed by atoms with Crippen molar-refractivity contribution in [1.29, 1.82) is 0 Å². The minimum Gasteiger partial charge on any atom is -0.492 e. The number of hydrogen-bond acceptors (Lipinski definition) is 4. The summed E-state index contributed by atoms with van der Waals surface area (Å²) in [5.74, 6) is 0.953. The van der Waals surface area contributed by atoms with Gasteiger partial charge in [-0.2, -0.15) is 0 Å². The van der Waals surface area contributed by atoms with Gasteiger partial charge < -0.3 is 14.8 Å². The van der Waals surface area contributed by atoms with Crippen molar-refractivity contribution in [2.75, 3.05) is 39.9 Å². The molecule has 106 valence electrons. The largest absolute Gasteiger partial charge is 0.492 e. The Morgan fingerprint density at radius 3 is 3.16 bits per heavy atom. The van der Waals surface area contributed by atoms with Gasteiger partial charge in [0.2, 0.25) is 0 Å². The summed E-state index contributed by atoms with van der Waals surface area (Å²) >= 11 is 0. The molecule has 1 fully saturated rings. The molecule has 1 N–H and O–H groups in total. The second kappa shape index (κ2) is 7.48. The van der Waals surface area contributed by atoms with E-state index in [4.69, 9.17) is 9.47 Å². The molecule has 0 bridgehead atoms. The smallest absolute Gasteiger partial charge is 0.119 e. The zero-order chi connectivity index (χ0) is 13.5. The van der Waals surface area contributed by atoms with Crippen LogP contribution in [-0.2, 0) is 11.3 Å². The summed E-state index contributed by atoms with van der Waals surface area (Å²) in [6, 6.07) is 8.26. The van der Waals surface area contributed by atoms with Crippen LogP contribution in [0.25, 0.3) is 0 Å². The number of nitrogens with one attached hydrogen (secondary N) is 1. The van der Waals surface area contributed by atoms with Crippen LogP contribution < -0.4 is 10.1 Å². The normalized spacial score (nSPS) is 20.4. The van der Waals surface area contributed by atoms with E-state index in [0.717, 1.165) is 45.1 Å². The van der Waals surface area contributed by atoms with Crippen molar-refractivity contribution < 1.29 is 9.47 Å². The summed E-state index contributed by atoms with van der Waals surface area (Å²) in [4.78, 5) is 2.39. The summed E-state index contributed by atoms with van der Waals surface area (Å²) < 4.78 is 11.3. The van der Waals surface area contributed by atoms with Crippen LogP contribution in [0.2, 0.25) is 0 Å². The minimum absolute atomic E-state index is 0.340. The topological polar surface area (TPSA) is 33.7 Å². The van der Waals surface area contributed by atoms with Crippen LogP contribution in [0.3, 0.4) is 0 Å². The summed E-state index contributed by atoms with van der Waals surface area (Å²) in [7, 11) is 1.95. The van der Waals surface area contributed by atoms with E-state index in [9.17, 15) is 0 Å². The first-order valence-corrected chi connectivity index (χ1v) is 6.98. The lowest BCUT2D eigenvalue weighted by Gasteiger charge is -2.30. The fraction of sp³-hybridized carbons (Fsp3) is 0.600. The van der Waals surface area contributed by atoms with E-state index in [0.29, 0.717) is 6.10 Å². The third kappa shape index (κ3) is 4.82. The molecule has 1 atom stereocenters. The van der Waals surface area contributed by atoms with Crippen molar-refractivity contribution in [3.05, 3.63) is 29.8 Å². The van der Waals surface area contributed by atoms with Crippen LogP contribution in [0, 0.1) is 0 Å². The van der Waals surface area contributed by atoms with E-state index < -0.39 is 0 Å². The third-order valence-electron chi connectivity index (χ3n) is 3.28. The van der Waals surface area contributed by atoms with Crippen LogP contribution >= 0.6 is 0 Å². The van der Waals surface area contributed by atoms with Gasteiger partial charge in [-0.3, -0.25) is 4.90 Å². The van der Waals surface area contributed by atoms with Crippen LogP contribution in [0.1, 0.15) is 12.5 Å². The molecule has 0 aliphatic carbocycles. The number of benzene rings is 1. The van der Waals surface area contributed by atoms with Crippen molar-refractivity contribution in [3.63, 3.8) is 0 Å². The Balaban J connectivity index is 1.74. The predicted octanol–water partition coefficient (Wildman–Crippen LogP) is 1.51. The molecule has 0 saturated carbocycles. The average Bonchev–Trinajstić information content (AvgIpc) is 2.40. The van der Waals surface area contributed by atoms with Crippen molar-refractivity contribution in [2.24, 2.45) is 0 Å². The Hall–Kier alpha value is -1.10. The van der Waals surface area contributed by atoms with E-state index >= 15 is 0 Å². The lowest BCUT2D eigenvalue weighted by Crippen LogP contribution is -2.42. The molecule has 0 radical (unpaired) electrons. The summed E-state index contributed by atoms with van der Waals surface area (Å²) in [5.41, 5.74) is 1.25. The first-order chi connectivity index (χ1) is 9.28. The molecule has 1 aliphatic heterocycles. The van der Waals surface area contributed by atoms with Gasteiger partial charge in [0.05, 0.1) is 12.7 Å². The first-order valence-electron chi connectivity index (χ1n) is 6.98. The van der Waals surface area contributed by atoms with Crippen LogP contribution in [0.5, 0.6) is 5.75 Å². The number of hydrogen-bond donors (Lipinski definition) is 1. The number of morpholine rings is 1. The second-order valence-electron chi connectivity index (χ2n) is 5.01. The predicted molar refractivity (Wildman–Crippen MR) is 76.6 cm³/mol. The molecule has 1 heterocycles. The second-order valence-corrected chi connectivity index (χ2v) is 5.01. The molecular formula is C15H24N2O2. The van der Waals surface area contributed by atoms with Gasteiger partial charge in [0, 0.05) is 26.2 Å². The van der Waals surface area contributed by atoms with Gasteiger partial charge in [-0.15, -0.1) is 0 Å². The molecule has 4 heteroatoms. The molecule has 1 saturated heterocycles. The van der Waals surface area contributed by atoms with E-state index in [-0.39, 0.29) is 0 Å². The third-order valence-corrected chi connectivity index (χ3v) is 3.28. The molecule has 0 amide bonds. The molecule has 19 heavy (non-hydrogen) atoms. The molecule has 1 aliphatic rings. The van der Waals surface area contributed by atoms with Crippen molar-refractivity contribution in [3.8, 4) is 5.75 Å². The lowest BCUT2D eigenvalue weighted by atomic mass is 10.2. The Labute approximate surface area is 115 Å². The highest BCUT2D eigenvalue weighted by Gasteiger charge is 2.15. The summed E-state index contributed by atoms with van der Waals surface area (Å²) in [6.45, 7) is 7.53. The SMILES string of the molecule is CNCc1cccc(OCCN2CCOC(C)C2)c1. The molecular weight excluding hydrogens is 240 g/mol. The standard InChI is InChI=1S/C15H24N2O2/c1-13-12-17(6-8-18-13)7-9-19-15-5-3-4-14(10-15)11-16-2/h3-5,10,13,16H,6-9,11-12H2,1-2H3. The molecule has 0 aromatic heterocycles.